The third kappa shape index (κ3) is 52.2. The van der Waals surface area contributed by atoms with Crippen molar-refractivity contribution in [2.45, 2.75) is 347 Å². The van der Waals surface area contributed by atoms with Crippen molar-refractivity contribution in [1.29, 1.82) is 0 Å². The number of allylic oxidation sites excluding steroid dienone is 6. The van der Waals surface area contributed by atoms with Crippen molar-refractivity contribution in [2.75, 3.05) is 6.61 Å². The van der Waals surface area contributed by atoms with Crippen molar-refractivity contribution in [3.8, 4) is 0 Å². The van der Waals surface area contributed by atoms with Crippen LogP contribution in [0.5, 0.6) is 0 Å². The van der Waals surface area contributed by atoms with Gasteiger partial charge in [-0.3, -0.25) is 9.59 Å². The van der Waals surface area contributed by atoms with Crippen LogP contribution in [0.1, 0.15) is 329 Å². The highest BCUT2D eigenvalue weighted by Crippen LogP contribution is 2.19. The van der Waals surface area contributed by atoms with E-state index in [2.05, 4.69) is 62.5 Å². The topological polar surface area (TPSA) is 95.9 Å². The normalized spacial score (nSPS) is 13.3. The van der Waals surface area contributed by atoms with E-state index in [1.165, 1.54) is 218 Å². The number of carbonyl (C=O) groups is 2. The minimum absolute atomic E-state index is 0.0738. The Labute approximate surface area is 430 Å². The van der Waals surface area contributed by atoms with Gasteiger partial charge in [0.1, 0.15) is 6.10 Å². The Balaban J connectivity index is 4.54. The van der Waals surface area contributed by atoms with Crippen molar-refractivity contribution in [1.82, 2.24) is 5.32 Å². The van der Waals surface area contributed by atoms with Crippen molar-refractivity contribution in [3.63, 3.8) is 0 Å². The number of hydrogen-bond donors (Lipinski definition) is 3. The molecule has 0 radical (unpaired) electrons. The third-order valence-corrected chi connectivity index (χ3v) is 14.2. The van der Waals surface area contributed by atoms with Crippen LogP contribution in [0.4, 0.5) is 0 Å². The lowest BCUT2D eigenvalue weighted by Crippen LogP contribution is -2.46. The zero-order valence-corrected chi connectivity index (χ0v) is 46.5. The molecule has 3 unspecified atom stereocenters. The molecule has 3 atom stereocenters. The Morgan fingerprint density at radius 2 is 0.739 bits per heavy atom. The third-order valence-electron chi connectivity index (χ3n) is 14.2. The van der Waals surface area contributed by atoms with Crippen LogP contribution in [-0.2, 0) is 14.3 Å². The molecule has 3 N–H and O–H groups in total. The molecule has 0 aliphatic heterocycles. The molecular formula is C63H119NO5. The number of unbranched alkanes of at least 4 members (excludes halogenated alkanes) is 38. The van der Waals surface area contributed by atoms with Crippen LogP contribution in [0.2, 0.25) is 0 Å². The average Bonchev–Trinajstić information content (AvgIpc) is 3.34. The van der Waals surface area contributed by atoms with Crippen molar-refractivity contribution < 1.29 is 24.5 Å². The van der Waals surface area contributed by atoms with Gasteiger partial charge in [0.15, 0.2) is 0 Å². The van der Waals surface area contributed by atoms with Crippen LogP contribution in [0.15, 0.2) is 36.5 Å². The molecule has 0 heterocycles. The van der Waals surface area contributed by atoms with Crippen LogP contribution < -0.4 is 5.32 Å². The smallest absolute Gasteiger partial charge is 0.306 e. The number of amides is 1. The van der Waals surface area contributed by atoms with E-state index >= 15 is 0 Å². The number of esters is 1. The van der Waals surface area contributed by atoms with Crippen LogP contribution in [0.3, 0.4) is 0 Å². The lowest BCUT2D eigenvalue weighted by Gasteiger charge is -2.24. The summed E-state index contributed by atoms with van der Waals surface area (Å²) in [7, 11) is 0. The first kappa shape index (κ1) is 67.1. The first-order valence-corrected chi connectivity index (χ1v) is 30.7. The van der Waals surface area contributed by atoms with Gasteiger partial charge in [0.25, 0.3) is 0 Å². The minimum Gasteiger partial charge on any atom is -0.462 e. The summed E-state index contributed by atoms with van der Waals surface area (Å²) < 4.78 is 5.98. The van der Waals surface area contributed by atoms with Crippen LogP contribution in [0, 0.1) is 0 Å². The van der Waals surface area contributed by atoms with E-state index in [-0.39, 0.29) is 24.9 Å². The largest absolute Gasteiger partial charge is 0.462 e. The standard InChI is InChI=1S/C63H119NO5/c1-4-7-10-13-16-19-22-25-28-31-33-36-39-42-45-48-51-54-59(69-63(68)56-53-50-47-44-41-38-35-32-29-26-23-20-17-14-11-8-5-2)57-62(67)64-60(58-65)61(66)55-52-49-46-43-40-37-34-30-27-24-21-18-15-12-9-6-3/h16,19,25-26,28-29,59-61,65-66H,4-15,17-18,20-24,27,30-58H2,1-3H3,(H,64,67)/b19-16-,28-25-,29-26+. The average molecular weight is 971 g/mol. The molecule has 0 fully saturated rings. The van der Waals surface area contributed by atoms with E-state index in [9.17, 15) is 19.8 Å². The van der Waals surface area contributed by atoms with E-state index in [4.69, 9.17) is 4.74 Å². The maximum absolute atomic E-state index is 13.3. The summed E-state index contributed by atoms with van der Waals surface area (Å²) in [6.07, 6.45) is 69.2. The fourth-order valence-corrected chi connectivity index (χ4v) is 9.52. The maximum Gasteiger partial charge on any atom is 0.306 e. The number of aliphatic hydroxyl groups excluding tert-OH is 2. The van der Waals surface area contributed by atoms with Gasteiger partial charge in [-0.1, -0.05) is 269 Å². The molecule has 6 nitrogen and oxygen atoms in total. The Bertz CT molecular complexity index is 1130. The Morgan fingerprint density at radius 1 is 0.420 bits per heavy atom. The monoisotopic (exact) mass is 970 g/mol. The van der Waals surface area contributed by atoms with Gasteiger partial charge in [-0.15, -0.1) is 0 Å². The highest BCUT2D eigenvalue weighted by atomic mass is 16.5. The predicted octanol–water partition coefficient (Wildman–Crippen LogP) is 19.2. The first-order valence-electron chi connectivity index (χ1n) is 30.7. The van der Waals surface area contributed by atoms with E-state index < -0.39 is 18.2 Å². The van der Waals surface area contributed by atoms with E-state index in [1.807, 2.05) is 0 Å². The summed E-state index contributed by atoms with van der Waals surface area (Å²) in [5.74, 6) is -0.469. The summed E-state index contributed by atoms with van der Waals surface area (Å²) in [6, 6.07) is -0.704. The first-order chi connectivity index (χ1) is 34.0. The summed E-state index contributed by atoms with van der Waals surface area (Å²) in [6.45, 7) is 6.50. The molecule has 0 saturated heterocycles. The molecule has 6 heteroatoms. The number of aliphatic hydroxyl groups is 2. The number of rotatable bonds is 56. The maximum atomic E-state index is 13.3. The fourth-order valence-electron chi connectivity index (χ4n) is 9.52. The van der Waals surface area contributed by atoms with Crippen LogP contribution in [0.25, 0.3) is 0 Å². The highest BCUT2D eigenvalue weighted by molar-refractivity contribution is 5.77. The minimum atomic E-state index is -0.790. The zero-order valence-electron chi connectivity index (χ0n) is 46.5. The number of nitrogens with one attached hydrogen (secondary N) is 1. The van der Waals surface area contributed by atoms with Crippen LogP contribution >= 0.6 is 0 Å². The second kappa shape index (κ2) is 57.0. The molecule has 0 aromatic heterocycles. The number of ether oxygens (including phenoxy) is 1. The van der Waals surface area contributed by atoms with Gasteiger partial charge < -0.3 is 20.3 Å². The summed E-state index contributed by atoms with van der Waals surface area (Å²) in [4.78, 5) is 26.3. The van der Waals surface area contributed by atoms with Crippen LogP contribution in [-0.4, -0.2) is 46.9 Å². The van der Waals surface area contributed by atoms with Gasteiger partial charge in [-0.2, -0.15) is 0 Å². The van der Waals surface area contributed by atoms with Crippen molar-refractivity contribution in [2.24, 2.45) is 0 Å². The molecule has 0 saturated carbocycles. The quantitative estimate of drug-likeness (QED) is 0.0321. The van der Waals surface area contributed by atoms with E-state index in [0.717, 1.165) is 64.2 Å². The lowest BCUT2D eigenvalue weighted by molar-refractivity contribution is -0.151. The Hall–Kier alpha value is -1.92. The second-order valence-electron chi connectivity index (χ2n) is 21.1. The summed E-state index contributed by atoms with van der Waals surface area (Å²) >= 11 is 0. The van der Waals surface area contributed by atoms with Gasteiger partial charge in [0, 0.05) is 6.42 Å². The second-order valence-corrected chi connectivity index (χ2v) is 21.1. The molecule has 0 aliphatic rings. The van der Waals surface area contributed by atoms with Gasteiger partial charge in [-0.25, -0.2) is 0 Å². The van der Waals surface area contributed by atoms with E-state index in [0.29, 0.717) is 19.3 Å². The zero-order chi connectivity index (χ0) is 50.2. The lowest BCUT2D eigenvalue weighted by atomic mass is 10.0. The van der Waals surface area contributed by atoms with E-state index in [1.54, 1.807) is 0 Å². The molecule has 69 heavy (non-hydrogen) atoms. The van der Waals surface area contributed by atoms with Gasteiger partial charge in [0.2, 0.25) is 5.91 Å². The Kier molecular flexibility index (Phi) is 55.4. The highest BCUT2D eigenvalue weighted by Gasteiger charge is 2.24. The van der Waals surface area contributed by atoms with Gasteiger partial charge in [-0.05, 0) is 83.5 Å². The SMILES string of the molecule is CCCCC/C=C\C/C=C\CCCCCCCCCC(CC(=O)NC(CO)C(O)CCCCCCCCCCCCCCCCCC)OC(=O)CCCCCCCCC/C=C/CCCCCCCC. The summed E-state index contributed by atoms with van der Waals surface area (Å²) in [5.41, 5.74) is 0. The molecule has 1 amide bonds. The molecule has 0 aliphatic carbocycles. The number of hydrogen-bond acceptors (Lipinski definition) is 5. The molecule has 406 valence electrons. The molecule has 0 bridgehead atoms. The Morgan fingerprint density at radius 3 is 1.14 bits per heavy atom. The molecule has 0 spiro atoms. The predicted molar refractivity (Wildman–Crippen MR) is 301 cm³/mol. The number of carbonyl (C=O) groups excluding carboxylic acids is 2. The summed E-state index contributed by atoms with van der Waals surface area (Å²) in [5, 5.41) is 24.0. The van der Waals surface area contributed by atoms with Gasteiger partial charge in [0.05, 0.1) is 25.2 Å². The molecule has 0 rings (SSSR count). The van der Waals surface area contributed by atoms with Crippen molar-refractivity contribution in [3.05, 3.63) is 36.5 Å². The molecule has 0 aromatic rings. The van der Waals surface area contributed by atoms with Gasteiger partial charge >= 0.3 is 5.97 Å². The van der Waals surface area contributed by atoms with Crippen molar-refractivity contribution >= 4 is 11.9 Å². The molecule has 0 aromatic carbocycles. The fraction of sp³-hybridized carbons (Fsp3) is 0.873. The molecular weight excluding hydrogens is 851 g/mol.